The molecule has 4 aliphatic rings. The number of piperidine rings is 1. The molecule has 0 radical (unpaired) electrons. The van der Waals surface area contributed by atoms with E-state index in [1.807, 2.05) is 9.80 Å². The van der Waals surface area contributed by atoms with Gasteiger partial charge in [0.15, 0.2) is 0 Å². The van der Waals surface area contributed by atoms with E-state index in [-0.39, 0.29) is 23.8 Å². The quantitative estimate of drug-likeness (QED) is 0.716. The predicted octanol–water partition coefficient (Wildman–Crippen LogP) is 3.53. The zero-order chi connectivity index (χ0) is 22.1. The number of fused-ring (bicyclic) bond motifs is 1. The van der Waals surface area contributed by atoms with Crippen LogP contribution in [0.1, 0.15) is 87.2 Å². The average molecular weight is 441 g/mol. The number of carbonyl (C=O) groups is 2. The summed E-state index contributed by atoms with van der Waals surface area (Å²) >= 11 is 0. The van der Waals surface area contributed by atoms with Crippen LogP contribution in [0.15, 0.2) is 0 Å². The fourth-order valence-electron chi connectivity index (χ4n) is 5.94. The standard InChI is InChI=1S/C25H36N4O3/c1-17-20-9-10-22(30)29(16-18-6-3-2-4-7-18)24(20)27-23(26-17)19-11-13-28(14-12-19)25(31)21-8-5-15-32-21/h18-19,21H,2-16H2,1H3. The molecule has 2 saturated heterocycles. The van der Waals surface area contributed by atoms with Crippen molar-refractivity contribution in [3.63, 3.8) is 0 Å². The number of hydrogen-bond donors (Lipinski definition) is 0. The number of ether oxygens (including phenoxy) is 1. The fraction of sp³-hybridized carbons (Fsp3) is 0.760. The average Bonchev–Trinajstić information content (AvgIpc) is 3.36. The molecule has 1 atom stereocenters. The van der Waals surface area contributed by atoms with E-state index in [0.717, 1.165) is 74.6 Å². The number of aromatic nitrogens is 2. The Bertz CT molecular complexity index is 853. The first-order valence-electron chi connectivity index (χ1n) is 12.7. The molecule has 2 amide bonds. The number of hydrogen-bond acceptors (Lipinski definition) is 5. The molecule has 174 valence electrons. The summed E-state index contributed by atoms with van der Waals surface area (Å²) in [6, 6.07) is 0. The Kier molecular flexibility index (Phi) is 6.44. The molecule has 5 rings (SSSR count). The van der Waals surface area contributed by atoms with Crippen LogP contribution < -0.4 is 4.90 Å². The minimum absolute atomic E-state index is 0.146. The number of carbonyl (C=O) groups excluding carboxylic acids is 2. The molecule has 3 fully saturated rings. The van der Waals surface area contributed by atoms with Crippen LogP contribution in [0, 0.1) is 12.8 Å². The second-order valence-electron chi connectivity index (χ2n) is 10.1. The van der Waals surface area contributed by atoms with Gasteiger partial charge in [-0.25, -0.2) is 9.97 Å². The van der Waals surface area contributed by atoms with Crippen molar-refractivity contribution in [2.24, 2.45) is 5.92 Å². The molecule has 0 aromatic carbocycles. The van der Waals surface area contributed by atoms with Gasteiger partial charge in [0.1, 0.15) is 17.7 Å². The van der Waals surface area contributed by atoms with E-state index < -0.39 is 0 Å². The van der Waals surface area contributed by atoms with Crippen LogP contribution in [-0.4, -0.2) is 59.0 Å². The Hall–Kier alpha value is -2.02. The Morgan fingerprint density at radius 3 is 2.50 bits per heavy atom. The Balaban J connectivity index is 1.31. The Morgan fingerprint density at radius 2 is 1.78 bits per heavy atom. The lowest BCUT2D eigenvalue weighted by molar-refractivity contribution is -0.142. The van der Waals surface area contributed by atoms with Gasteiger partial charge in [-0.2, -0.15) is 0 Å². The zero-order valence-corrected chi connectivity index (χ0v) is 19.4. The number of anilines is 1. The predicted molar refractivity (Wildman–Crippen MR) is 122 cm³/mol. The van der Waals surface area contributed by atoms with Crippen LogP contribution in [0.5, 0.6) is 0 Å². The smallest absolute Gasteiger partial charge is 0.251 e. The fourth-order valence-corrected chi connectivity index (χ4v) is 5.94. The van der Waals surface area contributed by atoms with Crippen LogP contribution in [0.3, 0.4) is 0 Å². The molecular weight excluding hydrogens is 404 g/mol. The zero-order valence-electron chi connectivity index (χ0n) is 19.4. The van der Waals surface area contributed by atoms with Gasteiger partial charge in [-0.15, -0.1) is 0 Å². The van der Waals surface area contributed by atoms with Crippen molar-refractivity contribution < 1.29 is 14.3 Å². The van der Waals surface area contributed by atoms with E-state index in [4.69, 9.17) is 14.7 Å². The molecule has 7 heteroatoms. The molecule has 0 N–H and O–H groups in total. The maximum absolute atomic E-state index is 12.9. The molecule has 0 spiro atoms. The van der Waals surface area contributed by atoms with Crippen molar-refractivity contribution in [2.45, 2.75) is 89.6 Å². The minimum atomic E-state index is -0.242. The van der Waals surface area contributed by atoms with Gasteiger partial charge in [-0.05, 0) is 57.8 Å². The van der Waals surface area contributed by atoms with E-state index in [2.05, 4.69) is 6.92 Å². The highest BCUT2D eigenvalue weighted by molar-refractivity contribution is 5.95. The highest BCUT2D eigenvalue weighted by atomic mass is 16.5. The molecule has 1 aromatic rings. The summed E-state index contributed by atoms with van der Waals surface area (Å²) in [7, 11) is 0. The molecule has 7 nitrogen and oxygen atoms in total. The minimum Gasteiger partial charge on any atom is -0.368 e. The summed E-state index contributed by atoms with van der Waals surface area (Å²) < 4.78 is 5.59. The maximum Gasteiger partial charge on any atom is 0.251 e. The lowest BCUT2D eigenvalue weighted by atomic mass is 9.88. The molecule has 4 heterocycles. The topological polar surface area (TPSA) is 75.6 Å². The highest BCUT2D eigenvalue weighted by Crippen LogP contribution is 2.35. The number of likely N-dealkylation sites (tertiary alicyclic amines) is 1. The number of aryl methyl sites for hydroxylation is 1. The molecule has 1 unspecified atom stereocenters. The second kappa shape index (κ2) is 9.46. The molecule has 3 aliphatic heterocycles. The van der Waals surface area contributed by atoms with Gasteiger partial charge in [0.05, 0.1) is 0 Å². The summed E-state index contributed by atoms with van der Waals surface area (Å²) in [5.41, 5.74) is 2.17. The summed E-state index contributed by atoms with van der Waals surface area (Å²) in [6.45, 7) is 5.02. The van der Waals surface area contributed by atoms with Gasteiger partial charge in [0.25, 0.3) is 5.91 Å². The Labute approximate surface area is 190 Å². The molecule has 1 aromatic heterocycles. The van der Waals surface area contributed by atoms with Crippen molar-refractivity contribution in [2.75, 3.05) is 31.1 Å². The maximum atomic E-state index is 12.9. The first kappa shape index (κ1) is 21.8. The van der Waals surface area contributed by atoms with Crippen LogP contribution in [0.2, 0.25) is 0 Å². The van der Waals surface area contributed by atoms with Gasteiger partial charge in [-0.1, -0.05) is 19.3 Å². The van der Waals surface area contributed by atoms with Crippen molar-refractivity contribution in [3.05, 3.63) is 17.1 Å². The third kappa shape index (κ3) is 4.41. The lowest BCUT2D eigenvalue weighted by Crippen LogP contribution is -2.44. The normalized spacial score (nSPS) is 25.3. The number of rotatable bonds is 4. The first-order valence-corrected chi connectivity index (χ1v) is 12.7. The Morgan fingerprint density at radius 1 is 1.00 bits per heavy atom. The van der Waals surface area contributed by atoms with Crippen LogP contribution in [0.4, 0.5) is 5.82 Å². The van der Waals surface area contributed by atoms with Crippen molar-refractivity contribution in [1.82, 2.24) is 14.9 Å². The van der Waals surface area contributed by atoms with Crippen LogP contribution in [0.25, 0.3) is 0 Å². The summed E-state index contributed by atoms with van der Waals surface area (Å²) in [4.78, 5) is 39.4. The van der Waals surface area contributed by atoms with E-state index >= 15 is 0 Å². The van der Waals surface area contributed by atoms with Crippen molar-refractivity contribution in [3.8, 4) is 0 Å². The largest absolute Gasteiger partial charge is 0.368 e. The monoisotopic (exact) mass is 440 g/mol. The van der Waals surface area contributed by atoms with Gasteiger partial charge in [0, 0.05) is 49.8 Å². The SMILES string of the molecule is Cc1nc(C2CCN(C(=O)C3CCCO3)CC2)nc2c1CCC(=O)N2CC1CCCCC1. The van der Waals surface area contributed by atoms with E-state index in [9.17, 15) is 9.59 Å². The molecule has 0 bridgehead atoms. The lowest BCUT2D eigenvalue weighted by Gasteiger charge is -2.35. The molecule has 1 saturated carbocycles. The first-order chi connectivity index (χ1) is 15.6. The number of amides is 2. The van der Waals surface area contributed by atoms with E-state index in [1.165, 1.54) is 32.1 Å². The molecule has 32 heavy (non-hydrogen) atoms. The van der Waals surface area contributed by atoms with Crippen LogP contribution in [-0.2, 0) is 20.7 Å². The summed E-state index contributed by atoms with van der Waals surface area (Å²) in [6.07, 6.45) is 10.9. The van der Waals surface area contributed by atoms with Gasteiger partial charge in [0.2, 0.25) is 5.91 Å². The molecule has 1 aliphatic carbocycles. The third-order valence-corrected chi connectivity index (χ3v) is 7.90. The summed E-state index contributed by atoms with van der Waals surface area (Å²) in [5.74, 6) is 2.91. The van der Waals surface area contributed by atoms with E-state index in [0.29, 0.717) is 18.9 Å². The third-order valence-electron chi connectivity index (χ3n) is 7.90. The van der Waals surface area contributed by atoms with Crippen molar-refractivity contribution >= 4 is 17.6 Å². The summed E-state index contributed by atoms with van der Waals surface area (Å²) in [5, 5.41) is 0. The highest BCUT2D eigenvalue weighted by Gasteiger charge is 2.34. The van der Waals surface area contributed by atoms with Crippen molar-refractivity contribution in [1.29, 1.82) is 0 Å². The second-order valence-corrected chi connectivity index (χ2v) is 10.1. The van der Waals surface area contributed by atoms with Gasteiger partial charge >= 0.3 is 0 Å². The van der Waals surface area contributed by atoms with E-state index in [1.54, 1.807) is 0 Å². The van der Waals surface area contributed by atoms with Gasteiger partial charge < -0.3 is 9.64 Å². The van der Waals surface area contributed by atoms with Crippen LogP contribution >= 0.6 is 0 Å². The number of nitrogens with zero attached hydrogens (tertiary/aromatic N) is 4. The van der Waals surface area contributed by atoms with Gasteiger partial charge in [-0.3, -0.25) is 14.5 Å². The molecular formula is C25H36N4O3.